The minimum absolute atomic E-state index is 0.00906. The summed E-state index contributed by atoms with van der Waals surface area (Å²) in [5.41, 5.74) is 0.909. The number of hydrogen-bond donors (Lipinski definition) is 1. The average molecular weight is 256 g/mol. The van der Waals surface area contributed by atoms with Gasteiger partial charge in [-0.15, -0.1) is 0 Å². The number of anilines is 1. The lowest BCUT2D eigenvalue weighted by atomic mass is 10.3. The number of carbonyl (C=O) groups is 1. The summed E-state index contributed by atoms with van der Waals surface area (Å²) in [5, 5.41) is 3.30. The number of nitrogens with zero attached hydrogens (tertiary/aromatic N) is 2. The minimum atomic E-state index is 0.00906. The Morgan fingerprint density at radius 3 is 2.82 bits per heavy atom. The molecule has 1 amide bonds. The maximum Gasteiger partial charge on any atom is 0.239 e. The maximum absolute atomic E-state index is 11.7. The summed E-state index contributed by atoms with van der Waals surface area (Å²) in [5.74, 6) is 0.00906. The van der Waals surface area contributed by atoms with E-state index >= 15 is 0 Å². The Balaban J connectivity index is 2.69. The van der Waals surface area contributed by atoms with E-state index in [-0.39, 0.29) is 11.9 Å². The predicted octanol–water partition coefficient (Wildman–Crippen LogP) is 2.09. The second-order valence-electron chi connectivity index (χ2n) is 4.07. The van der Waals surface area contributed by atoms with Gasteiger partial charge in [0.2, 0.25) is 5.91 Å². The molecule has 1 rings (SSSR count). The highest BCUT2D eigenvalue weighted by atomic mass is 35.5. The summed E-state index contributed by atoms with van der Waals surface area (Å²) in [6.45, 7) is 6.95. The fraction of sp³-hybridized carbons (Fsp3) is 0.500. The molecule has 94 valence electrons. The molecule has 0 radical (unpaired) electrons. The molecule has 1 aromatic rings. The molecular formula is C12H18ClN3O. The van der Waals surface area contributed by atoms with Gasteiger partial charge in [0.25, 0.3) is 0 Å². The maximum atomic E-state index is 11.7. The zero-order valence-electron chi connectivity index (χ0n) is 10.4. The van der Waals surface area contributed by atoms with Crippen LogP contribution in [0.5, 0.6) is 0 Å². The Bertz CT molecular complexity index is 382. The number of rotatable bonds is 5. The van der Waals surface area contributed by atoms with Crippen LogP contribution in [0.15, 0.2) is 18.3 Å². The third-order valence-electron chi connectivity index (χ3n) is 2.24. The van der Waals surface area contributed by atoms with Crippen molar-refractivity contribution in [1.82, 2.24) is 10.3 Å². The zero-order chi connectivity index (χ0) is 12.8. The van der Waals surface area contributed by atoms with Crippen LogP contribution in [0.25, 0.3) is 0 Å². The van der Waals surface area contributed by atoms with Crippen LogP contribution in [-0.2, 0) is 4.79 Å². The first-order chi connectivity index (χ1) is 8.02. The minimum Gasteiger partial charge on any atom is -0.362 e. The van der Waals surface area contributed by atoms with Gasteiger partial charge in [-0.25, -0.2) is 4.98 Å². The quantitative estimate of drug-likeness (QED) is 0.820. The predicted molar refractivity (Wildman–Crippen MR) is 70.4 cm³/mol. The molecular weight excluding hydrogens is 238 g/mol. The van der Waals surface area contributed by atoms with E-state index in [0.29, 0.717) is 11.7 Å². The smallest absolute Gasteiger partial charge is 0.239 e. The highest BCUT2D eigenvalue weighted by Gasteiger charge is 2.11. The molecule has 4 nitrogen and oxygen atoms in total. The standard InChI is InChI=1S/C12H18ClN3O/c1-4-16(8-12(17)15-9(2)3)10-5-6-14-11(13)7-10/h5-7,9H,4,8H2,1-3H3,(H,15,17). The molecule has 0 unspecified atom stereocenters. The van der Waals surface area contributed by atoms with E-state index in [0.717, 1.165) is 12.2 Å². The Kier molecular flexibility index (Phi) is 5.22. The Hall–Kier alpha value is -1.29. The molecule has 0 aliphatic heterocycles. The molecule has 0 saturated carbocycles. The number of likely N-dealkylation sites (N-methyl/N-ethyl adjacent to an activating group) is 1. The molecule has 1 aromatic heterocycles. The summed E-state index contributed by atoms with van der Waals surface area (Å²) in [6, 6.07) is 3.76. The highest BCUT2D eigenvalue weighted by Crippen LogP contribution is 2.16. The van der Waals surface area contributed by atoms with Gasteiger partial charge in [-0.05, 0) is 32.9 Å². The van der Waals surface area contributed by atoms with Gasteiger partial charge in [0.15, 0.2) is 0 Å². The van der Waals surface area contributed by atoms with Crippen LogP contribution in [0.1, 0.15) is 20.8 Å². The normalized spacial score (nSPS) is 10.4. The largest absolute Gasteiger partial charge is 0.362 e. The van der Waals surface area contributed by atoms with Crippen LogP contribution >= 0.6 is 11.6 Å². The van der Waals surface area contributed by atoms with Crippen molar-refractivity contribution in [2.45, 2.75) is 26.8 Å². The number of hydrogen-bond acceptors (Lipinski definition) is 3. The Morgan fingerprint density at radius 1 is 1.59 bits per heavy atom. The van der Waals surface area contributed by atoms with Crippen LogP contribution in [0.4, 0.5) is 5.69 Å². The summed E-state index contributed by atoms with van der Waals surface area (Å²) < 4.78 is 0. The fourth-order valence-electron chi connectivity index (χ4n) is 1.52. The average Bonchev–Trinajstić information content (AvgIpc) is 2.24. The van der Waals surface area contributed by atoms with Crippen LogP contribution in [-0.4, -0.2) is 30.0 Å². The molecule has 1 N–H and O–H groups in total. The van der Waals surface area contributed by atoms with Gasteiger partial charge in [-0.1, -0.05) is 11.6 Å². The van der Waals surface area contributed by atoms with Crippen molar-refractivity contribution < 1.29 is 4.79 Å². The van der Waals surface area contributed by atoms with Gasteiger partial charge < -0.3 is 10.2 Å². The third kappa shape index (κ3) is 4.61. The molecule has 0 aromatic carbocycles. The fourth-order valence-corrected chi connectivity index (χ4v) is 1.68. The van der Waals surface area contributed by atoms with E-state index in [1.807, 2.05) is 31.7 Å². The van der Waals surface area contributed by atoms with Crippen molar-refractivity contribution in [3.05, 3.63) is 23.5 Å². The van der Waals surface area contributed by atoms with E-state index in [2.05, 4.69) is 10.3 Å². The summed E-state index contributed by atoms with van der Waals surface area (Å²) in [7, 11) is 0. The van der Waals surface area contributed by atoms with Gasteiger partial charge in [-0.2, -0.15) is 0 Å². The zero-order valence-corrected chi connectivity index (χ0v) is 11.2. The topological polar surface area (TPSA) is 45.2 Å². The van der Waals surface area contributed by atoms with E-state index < -0.39 is 0 Å². The summed E-state index contributed by atoms with van der Waals surface area (Å²) >= 11 is 5.83. The number of halogens is 1. The van der Waals surface area contributed by atoms with Crippen molar-refractivity contribution in [2.75, 3.05) is 18.0 Å². The van der Waals surface area contributed by atoms with Crippen LogP contribution in [0, 0.1) is 0 Å². The van der Waals surface area contributed by atoms with E-state index in [4.69, 9.17) is 11.6 Å². The van der Waals surface area contributed by atoms with Gasteiger partial charge in [0, 0.05) is 24.5 Å². The summed E-state index contributed by atoms with van der Waals surface area (Å²) in [4.78, 5) is 17.6. The molecule has 17 heavy (non-hydrogen) atoms. The van der Waals surface area contributed by atoms with Gasteiger partial charge >= 0.3 is 0 Å². The molecule has 0 aliphatic carbocycles. The molecule has 0 saturated heterocycles. The van der Waals surface area contributed by atoms with Gasteiger partial charge in [0.05, 0.1) is 6.54 Å². The monoisotopic (exact) mass is 255 g/mol. The lowest BCUT2D eigenvalue weighted by Gasteiger charge is -2.23. The van der Waals surface area contributed by atoms with Crippen molar-refractivity contribution in [1.29, 1.82) is 0 Å². The molecule has 1 heterocycles. The first kappa shape index (κ1) is 13.8. The van der Waals surface area contributed by atoms with Crippen LogP contribution in [0.3, 0.4) is 0 Å². The van der Waals surface area contributed by atoms with Crippen LogP contribution in [0.2, 0.25) is 5.15 Å². The molecule has 0 spiro atoms. The second kappa shape index (κ2) is 6.45. The molecule has 0 atom stereocenters. The lowest BCUT2D eigenvalue weighted by molar-refractivity contribution is -0.120. The highest BCUT2D eigenvalue weighted by molar-refractivity contribution is 6.29. The molecule has 0 aliphatic rings. The Morgan fingerprint density at radius 2 is 2.29 bits per heavy atom. The number of pyridine rings is 1. The van der Waals surface area contributed by atoms with E-state index in [9.17, 15) is 4.79 Å². The van der Waals surface area contributed by atoms with Gasteiger partial charge in [0.1, 0.15) is 5.15 Å². The molecule has 0 bridgehead atoms. The molecule has 0 fully saturated rings. The van der Waals surface area contributed by atoms with Crippen molar-refractivity contribution in [2.24, 2.45) is 0 Å². The lowest BCUT2D eigenvalue weighted by Crippen LogP contribution is -2.40. The number of aromatic nitrogens is 1. The number of carbonyl (C=O) groups excluding carboxylic acids is 1. The molecule has 5 heteroatoms. The van der Waals surface area contributed by atoms with Crippen molar-refractivity contribution in [3.8, 4) is 0 Å². The second-order valence-corrected chi connectivity index (χ2v) is 4.46. The summed E-state index contributed by atoms with van der Waals surface area (Å²) in [6.07, 6.45) is 1.64. The van der Waals surface area contributed by atoms with Crippen LogP contribution < -0.4 is 10.2 Å². The first-order valence-corrected chi connectivity index (χ1v) is 6.06. The number of amides is 1. The van der Waals surface area contributed by atoms with Gasteiger partial charge in [-0.3, -0.25) is 4.79 Å². The van der Waals surface area contributed by atoms with E-state index in [1.165, 1.54) is 0 Å². The SMILES string of the molecule is CCN(CC(=O)NC(C)C)c1ccnc(Cl)c1. The third-order valence-corrected chi connectivity index (χ3v) is 2.45. The first-order valence-electron chi connectivity index (χ1n) is 5.68. The van der Waals surface area contributed by atoms with Crippen molar-refractivity contribution >= 4 is 23.2 Å². The van der Waals surface area contributed by atoms with E-state index in [1.54, 1.807) is 12.3 Å². The number of nitrogens with one attached hydrogen (secondary N) is 1. The Labute approximate surface area is 107 Å². The van der Waals surface area contributed by atoms with Crippen molar-refractivity contribution in [3.63, 3.8) is 0 Å².